The highest BCUT2D eigenvalue weighted by molar-refractivity contribution is 7.89. The van der Waals surface area contributed by atoms with Crippen LogP contribution in [0.3, 0.4) is 0 Å². The van der Waals surface area contributed by atoms with Crippen LogP contribution >= 0.6 is 0 Å². The topological polar surface area (TPSA) is 58.2 Å². The van der Waals surface area contributed by atoms with Crippen molar-refractivity contribution in [3.05, 3.63) is 29.1 Å². The maximum Gasteiger partial charge on any atom is 0.241 e. The second-order valence-electron chi connectivity index (χ2n) is 6.11. The predicted molar refractivity (Wildman–Crippen MR) is 79.0 cm³/mol. The van der Waals surface area contributed by atoms with E-state index in [-0.39, 0.29) is 16.5 Å². The monoisotopic (exact) mass is 312 g/mol. The van der Waals surface area contributed by atoms with Crippen molar-refractivity contribution in [1.29, 1.82) is 0 Å². The van der Waals surface area contributed by atoms with Crippen molar-refractivity contribution in [2.45, 2.75) is 62.6 Å². The van der Waals surface area contributed by atoms with Crippen molar-refractivity contribution < 1.29 is 12.8 Å². The molecule has 4 nitrogen and oxygen atoms in total. The van der Waals surface area contributed by atoms with Crippen LogP contribution in [0.4, 0.5) is 4.39 Å². The summed E-state index contributed by atoms with van der Waals surface area (Å²) >= 11 is 0. The highest BCUT2D eigenvalue weighted by Gasteiger charge is 2.27. The normalized spacial score (nSPS) is 19.5. The van der Waals surface area contributed by atoms with Crippen molar-refractivity contribution in [3.8, 4) is 0 Å². The Hall–Kier alpha value is -0.980. The zero-order chi connectivity index (χ0) is 15.0. The van der Waals surface area contributed by atoms with E-state index in [1.54, 1.807) is 6.07 Å². The van der Waals surface area contributed by atoms with Crippen LogP contribution in [0.25, 0.3) is 0 Å². The fourth-order valence-electron chi connectivity index (χ4n) is 2.45. The highest BCUT2D eigenvalue weighted by atomic mass is 32.2. The van der Waals surface area contributed by atoms with Gasteiger partial charge in [-0.1, -0.05) is 6.42 Å². The molecule has 1 aromatic rings. The number of rotatable bonds is 6. The Bertz CT molecular complexity index is 637. The van der Waals surface area contributed by atoms with E-state index in [9.17, 15) is 12.8 Å². The Kier molecular flexibility index (Phi) is 4.03. The van der Waals surface area contributed by atoms with Gasteiger partial charge >= 0.3 is 0 Å². The molecule has 21 heavy (non-hydrogen) atoms. The first-order chi connectivity index (χ1) is 9.95. The molecular formula is C15H21FN2O2S. The number of nitrogens with one attached hydrogen (secondary N) is 2. The smallest absolute Gasteiger partial charge is 0.241 e. The van der Waals surface area contributed by atoms with Crippen LogP contribution in [0.2, 0.25) is 0 Å². The van der Waals surface area contributed by atoms with Crippen molar-refractivity contribution in [3.63, 3.8) is 0 Å². The van der Waals surface area contributed by atoms with Gasteiger partial charge in [-0.25, -0.2) is 17.5 Å². The zero-order valence-corrected chi connectivity index (χ0v) is 13.0. The molecule has 0 atom stereocenters. The van der Waals surface area contributed by atoms with Gasteiger partial charge in [0.15, 0.2) is 0 Å². The molecule has 2 aliphatic rings. The summed E-state index contributed by atoms with van der Waals surface area (Å²) in [6, 6.07) is 3.52. The minimum Gasteiger partial charge on any atom is -0.310 e. The quantitative estimate of drug-likeness (QED) is 0.847. The van der Waals surface area contributed by atoms with E-state index in [2.05, 4.69) is 10.0 Å². The Morgan fingerprint density at radius 1 is 1.19 bits per heavy atom. The molecule has 2 saturated carbocycles. The van der Waals surface area contributed by atoms with Gasteiger partial charge in [-0.15, -0.1) is 0 Å². The Morgan fingerprint density at radius 3 is 2.48 bits per heavy atom. The summed E-state index contributed by atoms with van der Waals surface area (Å²) in [4.78, 5) is 0.0713. The second kappa shape index (κ2) is 5.66. The SMILES string of the molecule is Cc1c(F)cc(CNC2CC2)cc1S(=O)(=O)NC1CCC1. The third kappa shape index (κ3) is 3.44. The zero-order valence-electron chi connectivity index (χ0n) is 12.2. The summed E-state index contributed by atoms with van der Waals surface area (Å²) in [7, 11) is -3.64. The van der Waals surface area contributed by atoms with Gasteiger partial charge in [0.25, 0.3) is 0 Å². The maximum atomic E-state index is 14.0. The fourth-order valence-corrected chi connectivity index (χ4v) is 4.06. The van der Waals surface area contributed by atoms with Crippen molar-refractivity contribution >= 4 is 10.0 Å². The molecule has 0 aromatic heterocycles. The number of benzene rings is 1. The Labute approximate surface area is 125 Å². The number of halogens is 1. The van der Waals surface area contributed by atoms with E-state index < -0.39 is 15.8 Å². The number of hydrogen-bond acceptors (Lipinski definition) is 3. The highest BCUT2D eigenvalue weighted by Crippen LogP contribution is 2.25. The Morgan fingerprint density at radius 2 is 1.90 bits per heavy atom. The minimum atomic E-state index is -3.64. The third-order valence-electron chi connectivity index (χ3n) is 4.25. The van der Waals surface area contributed by atoms with Crippen LogP contribution in [-0.2, 0) is 16.6 Å². The number of sulfonamides is 1. The summed E-state index contributed by atoms with van der Waals surface area (Å²) in [5.41, 5.74) is 0.871. The summed E-state index contributed by atoms with van der Waals surface area (Å²) in [5, 5.41) is 3.28. The van der Waals surface area contributed by atoms with Crippen LogP contribution in [0, 0.1) is 12.7 Å². The van der Waals surface area contributed by atoms with Gasteiger partial charge in [0.2, 0.25) is 10.0 Å². The lowest BCUT2D eigenvalue weighted by Crippen LogP contribution is -2.39. The van der Waals surface area contributed by atoms with Crippen LogP contribution in [0.15, 0.2) is 17.0 Å². The van der Waals surface area contributed by atoms with E-state index in [1.165, 1.54) is 13.0 Å². The van der Waals surface area contributed by atoms with E-state index in [4.69, 9.17) is 0 Å². The molecule has 6 heteroatoms. The van der Waals surface area contributed by atoms with Gasteiger partial charge in [0.1, 0.15) is 5.82 Å². The van der Waals surface area contributed by atoms with Crippen molar-refractivity contribution in [1.82, 2.24) is 10.0 Å². The number of hydrogen-bond donors (Lipinski definition) is 2. The van der Waals surface area contributed by atoms with Gasteiger partial charge in [-0.05, 0) is 50.3 Å². The largest absolute Gasteiger partial charge is 0.310 e. The van der Waals surface area contributed by atoms with Crippen molar-refractivity contribution in [2.24, 2.45) is 0 Å². The molecule has 0 amide bonds. The fraction of sp³-hybridized carbons (Fsp3) is 0.600. The van der Waals surface area contributed by atoms with Gasteiger partial charge in [-0.3, -0.25) is 0 Å². The van der Waals surface area contributed by atoms with E-state index in [1.807, 2.05) is 0 Å². The molecule has 2 N–H and O–H groups in total. The lowest BCUT2D eigenvalue weighted by atomic mass is 9.94. The molecule has 3 rings (SSSR count). The molecule has 0 unspecified atom stereocenters. The summed E-state index contributed by atoms with van der Waals surface area (Å²) in [5.74, 6) is -0.459. The molecule has 116 valence electrons. The molecule has 0 radical (unpaired) electrons. The maximum absolute atomic E-state index is 14.0. The average molecular weight is 312 g/mol. The molecule has 2 fully saturated rings. The molecule has 2 aliphatic carbocycles. The molecule has 0 heterocycles. The summed E-state index contributed by atoms with van der Waals surface area (Å²) < 4.78 is 41.5. The van der Waals surface area contributed by atoms with Gasteiger partial charge in [0.05, 0.1) is 4.90 Å². The standard InChI is InChI=1S/C15H21FN2O2S/c1-10-14(16)7-11(9-17-12-5-6-12)8-15(10)21(19,20)18-13-3-2-4-13/h7-8,12-13,17-18H,2-6,9H2,1H3. The van der Waals surface area contributed by atoms with Crippen molar-refractivity contribution in [2.75, 3.05) is 0 Å². The molecule has 0 aliphatic heterocycles. The second-order valence-corrected chi connectivity index (χ2v) is 7.79. The van der Waals surface area contributed by atoms with Crippen LogP contribution < -0.4 is 10.0 Å². The first-order valence-corrected chi connectivity index (χ1v) is 8.99. The molecular weight excluding hydrogens is 291 g/mol. The molecule has 1 aromatic carbocycles. The van der Waals surface area contributed by atoms with Crippen LogP contribution in [0.1, 0.15) is 43.2 Å². The van der Waals surface area contributed by atoms with Crippen LogP contribution in [0.5, 0.6) is 0 Å². The Balaban J connectivity index is 1.84. The van der Waals surface area contributed by atoms with E-state index >= 15 is 0 Å². The molecule has 0 saturated heterocycles. The lowest BCUT2D eigenvalue weighted by Gasteiger charge is -2.26. The summed E-state index contributed by atoms with van der Waals surface area (Å²) in [6.45, 7) is 2.02. The first kappa shape index (κ1) is 14.9. The van der Waals surface area contributed by atoms with Gasteiger partial charge in [0, 0.05) is 24.2 Å². The van der Waals surface area contributed by atoms with Gasteiger partial charge < -0.3 is 5.32 Å². The minimum absolute atomic E-state index is 0.00528. The molecule has 0 spiro atoms. The molecule has 0 bridgehead atoms. The van der Waals surface area contributed by atoms with Gasteiger partial charge in [-0.2, -0.15) is 0 Å². The van der Waals surface area contributed by atoms with E-state index in [0.717, 1.165) is 32.1 Å². The lowest BCUT2D eigenvalue weighted by molar-refractivity contribution is 0.383. The third-order valence-corrected chi connectivity index (χ3v) is 5.89. The predicted octanol–water partition coefficient (Wildman–Crippen LogP) is 2.22. The average Bonchev–Trinajstić information content (AvgIpc) is 3.19. The van der Waals surface area contributed by atoms with Crippen LogP contribution in [-0.4, -0.2) is 20.5 Å². The first-order valence-electron chi connectivity index (χ1n) is 7.50. The van der Waals surface area contributed by atoms with E-state index in [0.29, 0.717) is 18.2 Å². The summed E-state index contributed by atoms with van der Waals surface area (Å²) in [6.07, 6.45) is 5.06.